The van der Waals surface area contributed by atoms with Crippen LogP contribution in [0.5, 0.6) is 5.75 Å². The SMILES string of the molecule is Cc1ccc(CC(=O)NCCOc2ccc(Cl)cc2)c(C)c1. The van der Waals surface area contributed by atoms with Crippen molar-refractivity contribution >= 4 is 17.5 Å². The summed E-state index contributed by atoms with van der Waals surface area (Å²) in [6.07, 6.45) is 0.396. The number of amides is 1. The van der Waals surface area contributed by atoms with Crippen molar-refractivity contribution in [3.05, 3.63) is 64.2 Å². The van der Waals surface area contributed by atoms with Gasteiger partial charge in [0, 0.05) is 5.02 Å². The van der Waals surface area contributed by atoms with Crippen molar-refractivity contribution in [1.82, 2.24) is 5.32 Å². The number of ether oxygens (including phenoxy) is 1. The molecule has 0 unspecified atom stereocenters. The van der Waals surface area contributed by atoms with Gasteiger partial charge in [0.05, 0.1) is 13.0 Å². The molecule has 3 nitrogen and oxygen atoms in total. The molecule has 0 fully saturated rings. The minimum Gasteiger partial charge on any atom is -0.492 e. The highest BCUT2D eigenvalue weighted by Crippen LogP contribution is 2.15. The Balaban J connectivity index is 1.72. The van der Waals surface area contributed by atoms with Crippen LogP contribution in [0.4, 0.5) is 0 Å². The minimum absolute atomic E-state index is 0.00617. The maximum absolute atomic E-state index is 11.9. The lowest BCUT2D eigenvalue weighted by Crippen LogP contribution is -2.29. The van der Waals surface area contributed by atoms with E-state index in [4.69, 9.17) is 16.3 Å². The molecular weight excluding hydrogens is 298 g/mol. The molecule has 0 saturated heterocycles. The molecule has 1 N–H and O–H groups in total. The monoisotopic (exact) mass is 317 g/mol. The Morgan fingerprint density at radius 1 is 1.14 bits per heavy atom. The van der Waals surface area contributed by atoms with E-state index < -0.39 is 0 Å². The van der Waals surface area contributed by atoms with E-state index in [1.54, 1.807) is 24.3 Å². The Hall–Kier alpha value is -2.00. The molecule has 0 aliphatic rings. The Kier molecular flexibility index (Phi) is 5.84. The predicted molar refractivity (Wildman–Crippen MR) is 89.6 cm³/mol. The number of benzene rings is 2. The molecule has 0 aromatic heterocycles. The number of hydrogen-bond donors (Lipinski definition) is 1. The third-order valence-corrected chi connectivity index (χ3v) is 3.61. The number of carbonyl (C=O) groups is 1. The first-order chi connectivity index (χ1) is 10.5. The van der Waals surface area contributed by atoms with Gasteiger partial charge in [0.2, 0.25) is 5.91 Å². The summed E-state index contributed by atoms with van der Waals surface area (Å²) in [5.74, 6) is 0.750. The Morgan fingerprint density at radius 3 is 2.55 bits per heavy atom. The fraction of sp³-hybridized carbons (Fsp3) is 0.278. The summed E-state index contributed by atoms with van der Waals surface area (Å²) in [6, 6.07) is 13.3. The van der Waals surface area contributed by atoms with Crippen molar-refractivity contribution in [2.45, 2.75) is 20.3 Å². The molecule has 1 amide bonds. The zero-order chi connectivity index (χ0) is 15.9. The van der Waals surface area contributed by atoms with E-state index in [0.29, 0.717) is 24.6 Å². The summed E-state index contributed by atoms with van der Waals surface area (Å²) in [4.78, 5) is 11.9. The van der Waals surface area contributed by atoms with Crippen molar-refractivity contribution in [2.75, 3.05) is 13.2 Å². The second kappa shape index (κ2) is 7.85. The van der Waals surface area contributed by atoms with Gasteiger partial charge >= 0.3 is 0 Å². The van der Waals surface area contributed by atoms with Gasteiger partial charge < -0.3 is 10.1 Å². The highest BCUT2D eigenvalue weighted by molar-refractivity contribution is 6.30. The van der Waals surface area contributed by atoms with Crippen LogP contribution in [-0.4, -0.2) is 19.1 Å². The van der Waals surface area contributed by atoms with Crippen LogP contribution in [0.2, 0.25) is 5.02 Å². The first kappa shape index (κ1) is 16.4. The molecule has 0 spiro atoms. The van der Waals surface area contributed by atoms with Gasteiger partial charge in [0.25, 0.3) is 0 Å². The van der Waals surface area contributed by atoms with Crippen LogP contribution in [0, 0.1) is 13.8 Å². The standard InChI is InChI=1S/C18H20ClNO2/c1-13-3-4-15(14(2)11-13)12-18(21)20-9-10-22-17-7-5-16(19)6-8-17/h3-8,11H,9-10,12H2,1-2H3,(H,20,21). The third kappa shape index (κ3) is 5.08. The van der Waals surface area contributed by atoms with Gasteiger partial charge in [0.15, 0.2) is 0 Å². The smallest absolute Gasteiger partial charge is 0.224 e. The van der Waals surface area contributed by atoms with Crippen molar-refractivity contribution in [1.29, 1.82) is 0 Å². The van der Waals surface area contributed by atoms with Crippen LogP contribution in [0.15, 0.2) is 42.5 Å². The third-order valence-electron chi connectivity index (χ3n) is 3.36. The van der Waals surface area contributed by atoms with E-state index in [0.717, 1.165) is 16.9 Å². The lowest BCUT2D eigenvalue weighted by molar-refractivity contribution is -0.120. The van der Waals surface area contributed by atoms with Crippen LogP contribution in [0.25, 0.3) is 0 Å². The van der Waals surface area contributed by atoms with Gasteiger partial charge in [-0.25, -0.2) is 0 Å². The Morgan fingerprint density at radius 2 is 1.86 bits per heavy atom. The van der Waals surface area contributed by atoms with Gasteiger partial charge in [-0.3, -0.25) is 4.79 Å². The zero-order valence-corrected chi connectivity index (χ0v) is 13.6. The summed E-state index contributed by atoms with van der Waals surface area (Å²) < 4.78 is 5.53. The second-order valence-corrected chi connectivity index (χ2v) is 5.70. The Labute approximate surface area is 136 Å². The number of hydrogen-bond acceptors (Lipinski definition) is 2. The summed E-state index contributed by atoms with van der Waals surface area (Å²) >= 11 is 5.80. The van der Waals surface area contributed by atoms with Crippen molar-refractivity contribution < 1.29 is 9.53 Å². The van der Waals surface area contributed by atoms with E-state index >= 15 is 0 Å². The quantitative estimate of drug-likeness (QED) is 0.825. The first-order valence-electron chi connectivity index (χ1n) is 7.26. The van der Waals surface area contributed by atoms with Crippen LogP contribution in [0.3, 0.4) is 0 Å². The molecule has 22 heavy (non-hydrogen) atoms. The molecule has 2 rings (SSSR count). The van der Waals surface area contributed by atoms with Crippen molar-refractivity contribution in [3.8, 4) is 5.75 Å². The molecular formula is C18H20ClNO2. The van der Waals surface area contributed by atoms with E-state index in [1.807, 2.05) is 26.0 Å². The van der Waals surface area contributed by atoms with Crippen molar-refractivity contribution in [3.63, 3.8) is 0 Å². The summed E-state index contributed by atoms with van der Waals surface area (Å²) in [7, 11) is 0. The van der Waals surface area contributed by atoms with Gasteiger partial charge in [-0.05, 0) is 49.2 Å². The topological polar surface area (TPSA) is 38.3 Å². The largest absolute Gasteiger partial charge is 0.492 e. The number of aryl methyl sites for hydroxylation is 2. The van der Waals surface area contributed by atoms with Crippen LogP contribution >= 0.6 is 11.6 Å². The first-order valence-corrected chi connectivity index (χ1v) is 7.63. The molecule has 0 bridgehead atoms. The van der Waals surface area contributed by atoms with Gasteiger partial charge in [-0.15, -0.1) is 0 Å². The maximum Gasteiger partial charge on any atom is 0.224 e. The molecule has 0 aliphatic heterocycles. The molecule has 4 heteroatoms. The van der Waals surface area contributed by atoms with E-state index in [9.17, 15) is 4.79 Å². The predicted octanol–water partition coefficient (Wildman–Crippen LogP) is 3.69. The van der Waals surface area contributed by atoms with Gasteiger partial charge in [-0.2, -0.15) is 0 Å². The molecule has 0 atom stereocenters. The number of carbonyl (C=O) groups excluding carboxylic acids is 1. The summed E-state index contributed by atoms with van der Waals surface area (Å²) in [5, 5.41) is 3.54. The number of rotatable bonds is 6. The highest BCUT2D eigenvalue weighted by Gasteiger charge is 2.05. The summed E-state index contributed by atoms with van der Waals surface area (Å²) in [6.45, 7) is 4.98. The number of nitrogens with one attached hydrogen (secondary N) is 1. The molecule has 2 aromatic rings. The van der Waals surface area contributed by atoms with E-state index in [2.05, 4.69) is 11.4 Å². The average Bonchev–Trinajstić information content (AvgIpc) is 2.48. The highest BCUT2D eigenvalue weighted by atomic mass is 35.5. The van der Waals surface area contributed by atoms with Crippen LogP contribution < -0.4 is 10.1 Å². The molecule has 116 valence electrons. The normalized spacial score (nSPS) is 10.3. The van der Waals surface area contributed by atoms with Gasteiger partial charge in [0.1, 0.15) is 12.4 Å². The van der Waals surface area contributed by atoms with E-state index in [-0.39, 0.29) is 5.91 Å². The van der Waals surface area contributed by atoms with Gasteiger partial charge in [-0.1, -0.05) is 35.4 Å². The molecule has 0 radical (unpaired) electrons. The average molecular weight is 318 g/mol. The molecule has 0 saturated carbocycles. The van der Waals surface area contributed by atoms with Crippen LogP contribution in [0.1, 0.15) is 16.7 Å². The minimum atomic E-state index is 0.00617. The molecule has 0 heterocycles. The molecule has 0 aliphatic carbocycles. The fourth-order valence-corrected chi connectivity index (χ4v) is 2.30. The number of halogens is 1. The lowest BCUT2D eigenvalue weighted by Gasteiger charge is -2.09. The van der Waals surface area contributed by atoms with E-state index in [1.165, 1.54) is 5.56 Å². The van der Waals surface area contributed by atoms with Crippen molar-refractivity contribution in [2.24, 2.45) is 0 Å². The lowest BCUT2D eigenvalue weighted by atomic mass is 10.0. The maximum atomic E-state index is 11.9. The molecule has 2 aromatic carbocycles. The zero-order valence-electron chi connectivity index (χ0n) is 12.9. The summed E-state index contributed by atoms with van der Waals surface area (Å²) in [5.41, 5.74) is 3.41. The Bertz CT molecular complexity index is 638. The van der Waals surface area contributed by atoms with Crippen LogP contribution in [-0.2, 0) is 11.2 Å². The fourth-order valence-electron chi connectivity index (χ4n) is 2.17. The second-order valence-electron chi connectivity index (χ2n) is 5.26.